The van der Waals surface area contributed by atoms with Crippen LogP contribution < -0.4 is 5.73 Å². The van der Waals surface area contributed by atoms with Gasteiger partial charge in [0.1, 0.15) is 0 Å². The number of nitrogens with zero attached hydrogens (tertiary/aromatic N) is 2. The fourth-order valence-electron chi connectivity index (χ4n) is 2.40. The van der Waals surface area contributed by atoms with E-state index in [-0.39, 0.29) is 5.78 Å². The zero-order valence-corrected chi connectivity index (χ0v) is 11.4. The Morgan fingerprint density at radius 2 is 1.68 bits per heavy atom. The molecule has 0 radical (unpaired) electrons. The van der Waals surface area contributed by atoms with Crippen LogP contribution in [-0.2, 0) is 0 Å². The number of rotatable bonds is 6. The molecule has 104 valence electrons. The van der Waals surface area contributed by atoms with Gasteiger partial charge >= 0.3 is 0 Å². The third kappa shape index (κ3) is 4.42. The summed E-state index contributed by atoms with van der Waals surface area (Å²) in [6.45, 7) is 6.41. The normalized spacial score (nSPS) is 17.5. The molecule has 1 fully saturated rings. The highest BCUT2D eigenvalue weighted by Crippen LogP contribution is 2.06. The minimum atomic E-state index is 0.219. The number of piperazine rings is 1. The van der Waals surface area contributed by atoms with E-state index in [1.807, 2.05) is 30.3 Å². The average Bonchev–Trinajstić information content (AvgIpc) is 2.47. The first-order chi connectivity index (χ1) is 9.29. The monoisotopic (exact) mass is 261 g/mol. The van der Waals surface area contributed by atoms with Crippen LogP contribution in [0, 0.1) is 0 Å². The van der Waals surface area contributed by atoms with Crippen molar-refractivity contribution in [3.05, 3.63) is 35.9 Å². The summed E-state index contributed by atoms with van der Waals surface area (Å²) in [5.74, 6) is 0.219. The van der Waals surface area contributed by atoms with Gasteiger partial charge in [-0.1, -0.05) is 30.3 Å². The molecule has 0 unspecified atom stereocenters. The molecule has 0 spiro atoms. The lowest BCUT2D eigenvalue weighted by atomic mass is 10.1. The first-order valence-electron chi connectivity index (χ1n) is 7.02. The molecular formula is C15H23N3O. The molecule has 19 heavy (non-hydrogen) atoms. The summed E-state index contributed by atoms with van der Waals surface area (Å²) in [5, 5.41) is 0. The highest BCUT2D eigenvalue weighted by Gasteiger charge is 2.18. The number of carbonyl (C=O) groups excluding carboxylic acids is 1. The van der Waals surface area contributed by atoms with Gasteiger partial charge in [-0.25, -0.2) is 0 Å². The standard InChI is InChI=1S/C15H23N3O/c16-7-4-8-17-9-11-18(12-10-17)13-15(19)14-5-2-1-3-6-14/h1-3,5-6H,4,7-13,16H2. The number of benzene rings is 1. The Balaban J connectivity index is 1.75. The van der Waals surface area contributed by atoms with E-state index in [0.29, 0.717) is 6.54 Å². The Labute approximate surface area is 115 Å². The first kappa shape index (κ1) is 14.2. The van der Waals surface area contributed by atoms with Gasteiger partial charge in [-0.15, -0.1) is 0 Å². The highest BCUT2D eigenvalue weighted by molar-refractivity contribution is 5.97. The maximum atomic E-state index is 12.1. The molecule has 2 rings (SSSR count). The van der Waals surface area contributed by atoms with Gasteiger partial charge < -0.3 is 10.6 Å². The molecule has 2 N–H and O–H groups in total. The molecule has 0 amide bonds. The minimum absolute atomic E-state index is 0.219. The van der Waals surface area contributed by atoms with Gasteiger partial charge in [0.05, 0.1) is 6.54 Å². The number of hydrogen-bond acceptors (Lipinski definition) is 4. The van der Waals surface area contributed by atoms with Gasteiger partial charge in [-0.2, -0.15) is 0 Å². The van der Waals surface area contributed by atoms with Gasteiger partial charge in [-0.05, 0) is 19.5 Å². The van der Waals surface area contributed by atoms with E-state index in [4.69, 9.17) is 5.73 Å². The molecule has 1 aliphatic heterocycles. The van der Waals surface area contributed by atoms with Crippen LogP contribution in [0.4, 0.5) is 0 Å². The summed E-state index contributed by atoms with van der Waals surface area (Å²) >= 11 is 0. The zero-order valence-electron chi connectivity index (χ0n) is 11.4. The second kappa shape index (κ2) is 7.38. The number of hydrogen-bond donors (Lipinski definition) is 1. The predicted molar refractivity (Wildman–Crippen MR) is 77.3 cm³/mol. The van der Waals surface area contributed by atoms with Gasteiger partial charge in [-0.3, -0.25) is 9.69 Å². The van der Waals surface area contributed by atoms with Crippen molar-refractivity contribution in [2.75, 3.05) is 45.8 Å². The Kier molecular flexibility index (Phi) is 5.51. The van der Waals surface area contributed by atoms with Crippen LogP contribution >= 0.6 is 0 Å². The van der Waals surface area contributed by atoms with E-state index in [0.717, 1.165) is 51.3 Å². The van der Waals surface area contributed by atoms with Gasteiger partial charge in [0.15, 0.2) is 5.78 Å². The van der Waals surface area contributed by atoms with E-state index >= 15 is 0 Å². The van der Waals surface area contributed by atoms with E-state index in [1.54, 1.807) is 0 Å². The summed E-state index contributed by atoms with van der Waals surface area (Å²) in [4.78, 5) is 16.8. The topological polar surface area (TPSA) is 49.6 Å². The quantitative estimate of drug-likeness (QED) is 0.771. The third-order valence-corrected chi connectivity index (χ3v) is 3.61. The van der Waals surface area contributed by atoms with Crippen molar-refractivity contribution in [3.63, 3.8) is 0 Å². The Hall–Kier alpha value is -1.23. The van der Waals surface area contributed by atoms with Crippen LogP contribution in [0.3, 0.4) is 0 Å². The smallest absolute Gasteiger partial charge is 0.176 e. The fourth-order valence-corrected chi connectivity index (χ4v) is 2.40. The number of nitrogens with two attached hydrogens (primary N) is 1. The first-order valence-corrected chi connectivity index (χ1v) is 7.02. The summed E-state index contributed by atoms with van der Waals surface area (Å²) < 4.78 is 0. The molecule has 1 heterocycles. The molecular weight excluding hydrogens is 238 g/mol. The lowest BCUT2D eigenvalue weighted by Crippen LogP contribution is -2.48. The second-order valence-corrected chi connectivity index (χ2v) is 5.05. The molecule has 1 aromatic carbocycles. The lowest BCUT2D eigenvalue weighted by Gasteiger charge is -2.34. The average molecular weight is 261 g/mol. The third-order valence-electron chi connectivity index (χ3n) is 3.61. The van der Waals surface area contributed by atoms with Gasteiger partial charge in [0, 0.05) is 31.7 Å². The number of Topliss-reactive ketones (excluding diaryl/α,β-unsaturated/α-hetero) is 1. The summed E-state index contributed by atoms with van der Waals surface area (Å²) in [6, 6.07) is 9.54. The van der Waals surface area contributed by atoms with Crippen LogP contribution in [0.5, 0.6) is 0 Å². The summed E-state index contributed by atoms with van der Waals surface area (Å²) in [6.07, 6.45) is 1.06. The van der Waals surface area contributed by atoms with E-state index in [9.17, 15) is 4.79 Å². The van der Waals surface area contributed by atoms with Crippen LogP contribution in [0.2, 0.25) is 0 Å². The van der Waals surface area contributed by atoms with Crippen LogP contribution in [0.25, 0.3) is 0 Å². The number of ketones is 1. The molecule has 1 aliphatic rings. The van der Waals surface area contributed by atoms with Crippen molar-refractivity contribution < 1.29 is 4.79 Å². The van der Waals surface area contributed by atoms with Crippen LogP contribution in [0.15, 0.2) is 30.3 Å². The molecule has 0 bridgehead atoms. The van der Waals surface area contributed by atoms with Crippen molar-refractivity contribution in [1.82, 2.24) is 9.80 Å². The van der Waals surface area contributed by atoms with E-state index < -0.39 is 0 Å². The Morgan fingerprint density at radius 3 is 2.32 bits per heavy atom. The van der Waals surface area contributed by atoms with Crippen molar-refractivity contribution in [3.8, 4) is 0 Å². The molecule has 1 aromatic rings. The Bertz CT molecular complexity index is 386. The van der Waals surface area contributed by atoms with Crippen molar-refractivity contribution >= 4 is 5.78 Å². The number of carbonyl (C=O) groups is 1. The molecule has 0 atom stereocenters. The van der Waals surface area contributed by atoms with Crippen molar-refractivity contribution in [2.45, 2.75) is 6.42 Å². The van der Waals surface area contributed by atoms with Crippen LogP contribution in [-0.4, -0.2) is 61.4 Å². The molecule has 1 saturated heterocycles. The van der Waals surface area contributed by atoms with Crippen molar-refractivity contribution in [1.29, 1.82) is 0 Å². The maximum absolute atomic E-state index is 12.1. The maximum Gasteiger partial charge on any atom is 0.176 e. The van der Waals surface area contributed by atoms with Crippen molar-refractivity contribution in [2.24, 2.45) is 5.73 Å². The second-order valence-electron chi connectivity index (χ2n) is 5.05. The molecule has 0 aromatic heterocycles. The summed E-state index contributed by atoms with van der Waals surface area (Å²) in [7, 11) is 0. The fraction of sp³-hybridized carbons (Fsp3) is 0.533. The SMILES string of the molecule is NCCCN1CCN(CC(=O)c2ccccc2)CC1. The van der Waals surface area contributed by atoms with E-state index in [1.165, 1.54) is 0 Å². The van der Waals surface area contributed by atoms with Crippen LogP contribution in [0.1, 0.15) is 16.8 Å². The van der Waals surface area contributed by atoms with E-state index in [2.05, 4.69) is 9.80 Å². The molecule has 0 saturated carbocycles. The lowest BCUT2D eigenvalue weighted by molar-refractivity contribution is 0.0852. The zero-order chi connectivity index (χ0) is 13.5. The minimum Gasteiger partial charge on any atom is -0.330 e. The largest absolute Gasteiger partial charge is 0.330 e. The predicted octanol–water partition coefficient (Wildman–Crippen LogP) is 0.836. The molecule has 4 heteroatoms. The molecule has 4 nitrogen and oxygen atoms in total. The Morgan fingerprint density at radius 1 is 1.05 bits per heavy atom. The highest BCUT2D eigenvalue weighted by atomic mass is 16.1. The molecule has 0 aliphatic carbocycles. The summed E-state index contributed by atoms with van der Waals surface area (Å²) in [5.41, 5.74) is 6.33. The van der Waals surface area contributed by atoms with Gasteiger partial charge in [0.25, 0.3) is 0 Å². The van der Waals surface area contributed by atoms with Gasteiger partial charge in [0.2, 0.25) is 0 Å².